The molecule has 2 heterocycles. The number of carbonyl (C=O) groups excluding carboxylic acids is 2. The highest BCUT2D eigenvalue weighted by Gasteiger charge is 2.13. The number of hydrogen-bond acceptors (Lipinski definition) is 7. The molecule has 12 heteroatoms. The van der Waals surface area contributed by atoms with E-state index >= 15 is 0 Å². The van der Waals surface area contributed by atoms with Crippen molar-refractivity contribution in [1.82, 2.24) is 19.2 Å². The molecule has 0 unspecified atom stereocenters. The third-order valence-electron chi connectivity index (χ3n) is 5.41. The predicted molar refractivity (Wildman–Crippen MR) is 143 cm³/mol. The lowest BCUT2D eigenvalue weighted by atomic mass is 10.1. The number of urea groups is 1. The number of carbonyl (C=O) groups is 2. The van der Waals surface area contributed by atoms with Crippen LogP contribution >= 0.6 is 11.6 Å². The van der Waals surface area contributed by atoms with Crippen LogP contribution in [0, 0.1) is 0 Å². The first-order chi connectivity index (χ1) is 18.2. The summed E-state index contributed by atoms with van der Waals surface area (Å²) >= 11 is 6.14. The van der Waals surface area contributed by atoms with Gasteiger partial charge in [0.15, 0.2) is 0 Å². The Bertz CT molecular complexity index is 1510. The van der Waals surface area contributed by atoms with Gasteiger partial charge in [-0.1, -0.05) is 23.7 Å². The Kier molecular flexibility index (Phi) is 8.27. The van der Waals surface area contributed by atoms with Crippen molar-refractivity contribution < 1.29 is 19.1 Å². The highest BCUT2D eigenvalue weighted by molar-refractivity contribution is 6.31. The van der Waals surface area contributed by atoms with Gasteiger partial charge in [-0.2, -0.15) is 9.50 Å². The first-order valence-corrected chi connectivity index (χ1v) is 12.3. The normalized spacial score (nSPS) is 11.0. The van der Waals surface area contributed by atoms with Crippen LogP contribution < -0.4 is 20.9 Å². The van der Waals surface area contributed by atoms with Crippen molar-refractivity contribution >= 4 is 40.8 Å². The van der Waals surface area contributed by atoms with Crippen molar-refractivity contribution in [2.75, 3.05) is 17.2 Å². The number of amides is 2. The van der Waals surface area contributed by atoms with Gasteiger partial charge < -0.3 is 20.1 Å². The van der Waals surface area contributed by atoms with Crippen LogP contribution in [0.1, 0.15) is 38.1 Å². The van der Waals surface area contributed by atoms with E-state index in [2.05, 4.69) is 20.6 Å². The smallest absolute Gasteiger partial charge is 0.323 e. The number of fused-ring (bicyclic) bond motifs is 1. The Morgan fingerprint density at radius 2 is 1.84 bits per heavy atom. The largest absolute Gasteiger partial charge is 0.485 e. The molecule has 38 heavy (non-hydrogen) atoms. The van der Waals surface area contributed by atoms with E-state index in [0.717, 1.165) is 5.56 Å². The summed E-state index contributed by atoms with van der Waals surface area (Å²) in [7, 11) is 0. The fourth-order valence-corrected chi connectivity index (χ4v) is 3.83. The molecular formula is C26H27ClN6O5. The molecule has 0 aliphatic rings. The van der Waals surface area contributed by atoms with Gasteiger partial charge in [0.2, 0.25) is 0 Å². The van der Waals surface area contributed by atoms with Crippen LogP contribution in [-0.2, 0) is 22.6 Å². The lowest BCUT2D eigenvalue weighted by molar-refractivity contribution is -0.142. The summed E-state index contributed by atoms with van der Waals surface area (Å²) in [5.41, 5.74) is 1.73. The maximum absolute atomic E-state index is 12.7. The molecule has 4 aromatic rings. The Balaban J connectivity index is 1.42. The van der Waals surface area contributed by atoms with Crippen molar-refractivity contribution in [3.05, 3.63) is 81.5 Å². The fourth-order valence-electron chi connectivity index (χ4n) is 3.66. The summed E-state index contributed by atoms with van der Waals surface area (Å²) in [6, 6.07) is 12.5. The van der Waals surface area contributed by atoms with Gasteiger partial charge in [0.1, 0.15) is 18.7 Å². The summed E-state index contributed by atoms with van der Waals surface area (Å²) < 4.78 is 13.9. The summed E-state index contributed by atoms with van der Waals surface area (Å²) in [6.45, 7) is 5.93. The molecule has 0 radical (unpaired) electrons. The van der Waals surface area contributed by atoms with Crippen LogP contribution in [-0.4, -0.2) is 37.8 Å². The standard InChI is InChI=1S/C26H27ClN6O5/c1-4-37-24(35)11-17-5-8-19(9-6-17)30-26(36)31-21-12-18(27)7-10-22(21)38-14-20-13-23(34)33-25(29-20)28-15-32(33)16(2)3/h5-10,12-13,15-16H,4,11,14H2,1-3H3,(H2,30,31,36). The van der Waals surface area contributed by atoms with E-state index in [1.165, 1.54) is 10.6 Å². The number of nitrogens with one attached hydrogen (secondary N) is 2. The number of aromatic nitrogens is 4. The maximum Gasteiger partial charge on any atom is 0.323 e. The van der Waals surface area contributed by atoms with Crippen molar-refractivity contribution in [3.8, 4) is 5.75 Å². The molecule has 0 spiro atoms. The van der Waals surface area contributed by atoms with Gasteiger partial charge in [0.05, 0.1) is 24.4 Å². The number of nitrogens with zero attached hydrogens (tertiary/aromatic N) is 4. The van der Waals surface area contributed by atoms with Gasteiger partial charge >= 0.3 is 12.0 Å². The number of benzene rings is 2. The molecular weight excluding hydrogens is 512 g/mol. The molecule has 4 rings (SSSR count). The molecule has 198 valence electrons. The minimum atomic E-state index is -0.521. The minimum absolute atomic E-state index is 0.0276. The van der Waals surface area contributed by atoms with Crippen LogP contribution in [0.2, 0.25) is 5.02 Å². The SMILES string of the molecule is CCOC(=O)Cc1ccc(NC(=O)Nc2cc(Cl)ccc2OCc2cc(=O)n3c(ncn3C(C)C)n2)cc1. The Labute approximate surface area is 223 Å². The topological polar surface area (TPSA) is 129 Å². The highest BCUT2D eigenvalue weighted by Crippen LogP contribution is 2.29. The molecule has 11 nitrogen and oxygen atoms in total. The molecule has 0 saturated carbocycles. The van der Waals surface area contributed by atoms with Crippen LogP contribution in [0.5, 0.6) is 5.75 Å². The summed E-state index contributed by atoms with van der Waals surface area (Å²) in [5.74, 6) is 0.293. The number of rotatable bonds is 9. The van der Waals surface area contributed by atoms with Gasteiger partial charge in [0.25, 0.3) is 11.3 Å². The average Bonchev–Trinajstić information content (AvgIpc) is 3.30. The van der Waals surface area contributed by atoms with Crippen LogP contribution in [0.25, 0.3) is 5.78 Å². The second kappa shape index (κ2) is 11.8. The van der Waals surface area contributed by atoms with E-state index in [0.29, 0.717) is 34.4 Å². The van der Waals surface area contributed by atoms with Crippen LogP contribution in [0.4, 0.5) is 16.2 Å². The second-order valence-corrected chi connectivity index (χ2v) is 9.04. The van der Waals surface area contributed by atoms with Crippen LogP contribution in [0.15, 0.2) is 59.7 Å². The van der Waals surface area contributed by atoms with E-state index in [1.807, 2.05) is 13.8 Å². The van der Waals surface area contributed by atoms with Crippen molar-refractivity contribution in [2.45, 2.75) is 39.8 Å². The Morgan fingerprint density at radius 1 is 1.08 bits per heavy atom. The molecule has 0 saturated heterocycles. The zero-order valence-electron chi connectivity index (χ0n) is 21.1. The lowest BCUT2D eigenvalue weighted by Gasteiger charge is -2.14. The molecule has 0 aliphatic carbocycles. The number of halogens is 1. The molecule has 2 aromatic heterocycles. The van der Waals surface area contributed by atoms with Crippen molar-refractivity contribution in [1.29, 1.82) is 0 Å². The monoisotopic (exact) mass is 538 g/mol. The molecule has 0 atom stereocenters. The quantitative estimate of drug-likeness (QED) is 0.301. The van der Waals surface area contributed by atoms with E-state index < -0.39 is 6.03 Å². The third kappa shape index (κ3) is 6.48. The first kappa shape index (κ1) is 26.7. The zero-order valence-corrected chi connectivity index (χ0v) is 21.9. The number of hydrogen-bond donors (Lipinski definition) is 2. The number of anilines is 2. The summed E-state index contributed by atoms with van der Waals surface area (Å²) in [6.07, 6.45) is 1.71. The average molecular weight is 539 g/mol. The van der Waals surface area contributed by atoms with Crippen molar-refractivity contribution in [2.24, 2.45) is 0 Å². The van der Waals surface area contributed by atoms with Gasteiger partial charge in [-0.05, 0) is 56.7 Å². The number of ether oxygens (including phenoxy) is 2. The number of esters is 1. The molecule has 0 bridgehead atoms. The lowest BCUT2D eigenvalue weighted by Crippen LogP contribution is -2.23. The van der Waals surface area contributed by atoms with Gasteiger partial charge in [-0.15, -0.1) is 0 Å². The molecule has 2 aromatic carbocycles. The fraction of sp³-hybridized carbons (Fsp3) is 0.269. The maximum atomic E-state index is 12.7. The third-order valence-corrected chi connectivity index (χ3v) is 5.65. The minimum Gasteiger partial charge on any atom is -0.485 e. The first-order valence-electron chi connectivity index (χ1n) is 11.9. The van der Waals surface area contributed by atoms with Gasteiger partial charge in [0, 0.05) is 22.8 Å². The molecule has 0 fully saturated rings. The van der Waals surface area contributed by atoms with E-state index in [4.69, 9.17) is 21.1 Å². The molecule has 2 amide bonds. The van der Waals surface area contributed by atoms with Gasteiger partial charge in [-0.3, -0.25) is 14.3 Å². The Hall–Kier alpha value is -4.38. The molecule has 0 aliphatic heterocycles. The molecule has 2 N–H and O–H groups in total. The van der Waals surface area contributed by atoms with Crippen LogP contribution in [0.3, 0.4) is 0 Å². The van der Waals surface area contributed by atoms with E-state index in [-0.39, 0.29) is 36.4 Å². The van der Waals surface area contributed by atoms with E-state index in [9.17, 15) is 14.4 Å². The van der Waals surface area contributed by atoms with Crippen molar-refractivity contribution in [3.63, 3.8) is 0 Å². The highest BCUT2D eigenvalue weighted by atomic mass is 35.5. The summed E-state index contributed by atoms with van der Waals surface area (Å²) in [4.78, 5) is 45.5. The Morgan fingerprint density at radius 3 is 2.55 bits per heavy atom. The zero-order chi connectivity index (χ0) is 27.2. The second-order valence-electron chi connectivity index (χ2n) is 8.60. The van der Waals surface area contributed by atoms with E-state index in [1.54, 1.807) is 60.4 Å². The van der Waals surface area contributed by atoms with Gasteiger partial charge in [-0.25, -0.2) is 9.78 Å². The summed E-state index contributed by atoms with van der Waals surface area (Å²) in [5, 5.41) is 5.84. The predicted octanol–water partition coefficient (Wildman–Crippen LogP) is 4.45.